The smallest absolute Gasteiger partial charge is 0.0899 e. The van der Waals surface area contributed by atoms with E-state index >= 15 is 0 Å². The number of fused-ring (bicyclic) bond motifs is 1. The van der Waals surface area contributed by atoms with Crippen LogP contribution in [0.4, 0.5) is 0 Å². The lowest BCUT2D eigenvalue weighted by atomic mass is 9.97. The Labute approximate surface area is 90.1 Å². The molecule has 0 fully saturated rings. The number of aromatic nitrogens is 3. The third kappa shape index (κ3) is 1.74. The van der Waals surface area contributed by atoms with Crippen LogP contribution < -0.4 is 0 Å². The Balaban J connectivity index is 2.69. The summed E-state index contributed by atoms with van der Waals surface area (Å²) in [6.07, 6.45) is 3.90. The molecule has 0 saturated carbocycles. The van der Waals surface area contributed by atoms with Crippen LogP contribution in [0.15, 0.2) is 18.5 Å². The summed E-state index contributed by atoms with van der Waals surface area (Å²) in [5, 5.41) is 8.03. The molecule has 0 spiro atoms. The van der Waals surface area contributed by atoms with E-state index in [1.54, 1.807) is 0 Å². The Bertz CT molecular complexity index is 469. The molecule has 0 aliphatic carbocycles. The highest BCUT2D eigenvalue weighted by molar-refractivity contribution is 5.54. The second kappa shape index (κ2) is 3.65. The first kappa shape index (κ1) is 10.1. The number of rotatable bonds is 2. The van der Waals surface area contributed by atoms with Gasteiger partial charge in [-0.15, -0.1) is 5.10 Å². The van der Waals surface area contributed by atoms with Gasteiger partial charge in [0.15, 0.2) is 0 Å². The van der Waals surface area contributed by atoms with Gasteiger partial charge in [0.05, 0.1) is 11.7 Å². The maximum atomic E-state index is 4.07. The minimum absolute atomic E-state index is 0.504. The van der Waals surface area contributed by atoms with Crippen LogP contribution in [0.1, 0.15) is 50.7 Å². The molecule has 2 heterocycles. The molecule has 0 saturated heterocycles. The van der Waals surface area contributed by atoms with Gasteiger partial charge >= 0.3 is 0 Å². The predicted octanol–water partition coefficient (Wildman–Crippen LogP) is 2.98. The average Bonchev–Trinajstić information content (AvgIpc) is 2.62. The molecule has 2 aromatic heterocycles. The van der Waals surface area contributed by atoms with Gasteiger partial charge in [0.1, 0.15) is 0 Å². The van der Waals surface area contributed by atoms with Crippen LogP contribution in [0.5, 0.6) is 0 Å². The SMILES string of the molecule is CC(C)c1cc(C(C)C)c2cnnn2c1. The number of pyridine rings is 1. The van der Waals surface area contributed by atoms with Gasteiger partial charge in [-0.1, -0.05) is 39.0 Å². The highest BCUT2D eigenvalue weighted by atomic mass is 15.4. The zero-order valence-electron chi connectivity index (χ0n) is 9.73. The maximum absolute atomic E-state index is 4.07. The summed E-state index contributed by atoms with van der Waals surface area (Å²) >= 11 is 0. The summed E-state index contributed by atoms with van der Waals surface area (Å²) in [5.74, 6) is 1.03. The zero-order chi connectivity index (χ0) is 11.0. The van der Waals surface area contributed by atoms with Crippen LogP contribution in [0.25, 0.3) is 5.52 Å². The van der Waals surface area contributed by atoms with Crippen LogP contribution in [0, 0.1) is 0 Å². The molecular weight excluding hydrogens is 186 g/mol. The molecule has 0 unspecified atom stereocenters. The van der Waals surface area contributed by atoms with Crippen LogP contribution in [-0.2, 0) is 0 Å². The van der Waals surface area contributed by atoms with E-state index in [-0.39, 0.29) is 0 Å². The van der Waals surface area contributed by atoms with Gasteiger partial charge in [0, 0.05) is 6.20 Å². The standard InChI is InChI=1S/C12H17N3/c1-8(2)10-5-11(9(3)4)12-6-13-14-15(12)7-10/h5-9H,1-4H3. The summed E-state index contributed by atoms with van der Waals surface area (Å²) in [4.78, 5) is 0. The minimum Gasteiger partial charge on any atom is -0.220 e. The van der Waals surface area contributed by atoms with E-state index in [2.05, 4.69) is 50.3 Å². The second-order valence-corrected chi connectivity index (χ2v) is 4.60. The van der Waals surface area contributed by atoms with Crippen molar-refractivity contribution in [1.82, 2.24) is 14.8 Å². The topological polar surface area (TPSA) is 30.2 Å². The monoisotopic (exact) mass is 203 g/mol. The summed E-state index contributed by atoms with van der Waals surface area (Å²) in [5.41, 5.74) is 3.76. The maximum Gasteiger partial charge on any atom is 0.0899 e. The summed E-state index contributed by atoms with van der Waals surface area (Å²) in [6.45, 7) is 8.79. The molecule has 15 heavy (non-hydrogen) atoms. The van der Waals surface area contributed by atoms with E-state index in [0.29, 0.717) is 11.8 Å². The molecule has 0 bridgehead atoms. The van der Waals surface area contributed by atoms with Gasteiger partial charge in [-0.25, -0.2) is 4.52 Å². The Morgan fingerprint density at radius 2 is 1.87 bits per heavy atom. The highest BCUT2D eigenvalue weighted by Gasteiger charge is 2.10. The number of hydrogen-bond donors (Lipinski definition) is 0. The van der Waals surface area contributed by atoms with Crippen molar-refractivity contribution in [2.24, 2.45) is 0 Å². The summed E-state index contributed by atoms with van der Waals surface area (Å²) < 4.78 is 1.88. The van der Waals surface area contributed by atoms with Crippen molar-refractivity contribution in [2.75, 3.05) is 0 Å². The first-order chi connectivity index (χ1) is 7.09. The van der Waals surface area contributed by atoms with Gasteiger partial charge in [-0.2, -0.15) is 0 Å². The van der Waals surface area contributed by atoms with Crippen LogP contribution >= 0.6 is 0 Å². The molecule has 0 aliphatic rings. The van der Waals surface area contributed by atoms with Crippen molar-refractivity contribution >= 4 is 5.52 Å². The number of hydrogen-bond acceptors (Lipinski definition) is 2. The van der Waals surface area contributed by atoms with Crippen LogP contribution in [0.3, 0.4) is 0 Å². The first-order valence-corrected chi connectivity index (χ1v) is 5.43. The van der Waals surface area contributed by atoms with E-state index in [1.165, 1.54) is 11.1 Å². The fraction of sp³-hybridized carbons (Fsp3) is 0.500. The van der Waals surface area contributed by atoms with Crippen LogP contribution in [-0.4, -0.2) is 14.8 Å². The van der Waals surface area contributed by atoms with E-state index in [0.717, 1.165) is 5.52 Å². The van der Waals surface area contributed by atoms with Gasteiger partial charge < -0.3 is 0 Å². The summed E-state index contributed by atoms with van der Waals surface area (Å²) in [7, 11) is 0. The molecule has 2 aromatic rings. The average molecular weight is 203 g/mol. The van der Waals surface area contributed by atoms with Gasteiger partial charge in [-0.3, -0.25) is 0 Å². The van der Waals surface area contributed by atoms with Gasteiger partial charge in [-0.05, 0) is 23.0 Å². The molecule has 0 radical (unpaired) electrons. The third-order valence-corrected chi connectivity index (χ3v) is 2.75. The predicted molar refractivity (Wildman–Crippen MR) is 61.2 cm³/mol. The normalized spacial score (nSPS) is 11.9. The van der Waals surface area contributed by atoms with Crippen LogP contribution in [0.2, 0.25) is 0 Å². The van der Waals surface area contributed by atoms with Gasteiger partial charge in [0.2, 0.25) is 0 Å². The quantitative estimate of drug-likeness (QED) is 0.751. The largest absolute Gasteiger partial charge is 0.220 e. The molecule has 0 N–H and O–H groups in total. The fourth-order valence-corrected chi connectivity index (χ4v) is 1.76. The Morgan fingerprint density at radius 3 is 2.47 bits per heavy atom. The lowest BCUT2D eigenvalue weighted by Crippen LogP contribution is -2.00. The molecule has 3 nitrogen and oxygen atoms in total. The minimum atomic E-state index is 0.504. The second-order valence-electron chi connectivity index (χ2n) is 4.60. The Morgan fingerprint density at radius 1 is 1.13 bits per heavy atom. The molecule has 80 valence electrons. The molecule has 2 rings (SSSR count). The van der Waals surface area contributed by atoms with Crippen molar-refractivity contribution in [3.8, 4) is 0 Å². The van der Waals surface area contributed by atoms with E-state index in [4.69, 9.17) is 0 Å². The third-order valence-electron chi connectivity index (χ3n) is 2.75. The van der Waals surface area contributed by atoms with Crippen molar-refractivity contribution < 1.29 is 0 Å². The molecule has 0 amide bonds. The molecule has 0 aromatic carbocycles. The van der Waals surface area contributed by atoms with Gasteiger partial charge in [0.25, 0.3) is 0 Å². The highest BCUT2D eigenvalue weighted by Crippen LogP contribution is 2.24. The molecule has 3 heteroatoms. The number of nitrogens with zero attached hydrogens (tertiary/aromatic N) is 3. The van der Waals surface area contributed by atoms with E-state index in [9.17, 15) is 0 Å². The Kier molecular flexibility index (Phi) is 2.47. The zero-order valence-corrected chi connectivity index (χ0v) is 9.73. The van der Waals surface area contributed by atoms with Crippen molar-refractivity contribution in [3.63, 3.8) is 0 Å². The van der Waals surface area contributed by atoms with Crippen molar-refractivity contribution in [3.05, 3.63) is 29.6 Å². The van der Waals surface area contributed by atoms with E-state index in [1.807, 2.05) is 10.7 Å². The molecule has 0 aliphatic heterocycles. The first-order valence-electron chi connectivity index (χ1n) is 5.43. The molecular formula is C12H17N3. The van der Waals surface area contributed by atoms with Crippen molar-refractivity contribution in [1.29, 1.82) is 0 Å². The Hall–Kier alpha value is -1.38. The molecule has 0 atom stereocenters. The lowest BCUT2D eigenvalue weighted by molar-refractivity contribution is 0.786. The lowest BCUT2D eigenvalue weighted by Gasteiger charge is -2.12. The summed E-state index contributed by atoms with van der Waals surface area (Å²) in [6, 6.07) is 2.27. The van der Waals surface area contributed by atoms with Crippen molar-refractivity contribution in [2.45, 2.75) is 39.5 Å². The fourth-order valence-electron chi connectivity index (χ4n) is 1.76. The van der Waals surface area contributed by atoms with E-state index < -0.39 is 0 Å².